The number of phenols is 2. The molecule has 3 unspecified atom stereocenters. The molecule has 6 N–H and O–H groups in total. The van der Waals surface area contributed by atoms with Crippen LogP contribution in [0.3, 0.4) is 0 Å². The summed E-state index contributed by atoms with van der Waals surface area (Å²) in [6, 6.07) is 14.9. The first kappa shape index (κ1) is 43.3. The number of hydrogen-bond donors (Lipinski definition) is 4. The standard InChI is InChI=1S/C51H59N3O5S2/c1-50(17-2-3-18-50)21-22-51-19-13-35(30-51)31-60-61-32-37-28-40-36(27-41(37)49(52)53)5-4-6-44-39(15-23-54-44)47(58)29-42(40)43-25-34(8-11-45(43)56)16-24-59-48-26-33(9-12-46(48)57)7-10-38(55)14-20-51/h8-9,11-12,14-15,20,23,25-28,35,42,49,56-58H,2-3,6-7,10,13,16-19,21-22,24,29-32,52-53H2,1H3/p-1. The van der Waals surface area contributed by atoms with Gasteiger partial charge in [0.2, 0.25) is 0 Å². The van der Waals surface area contributed by atoms with Gasteiger partial charge in [0.25, 0.3) is 0 Å². The third kappa shape index (κ3) is 10.3. The topological polar surface area (TPSA) is 154 Å². The van der Waals surface area contributed by atoms with Crippen LogP contribution >= 0.6 is 21.6 Å². The number of benzene rings is 3. The number of ether oxygens (including phenoxy) is 1. The van der Waals surface area contributed by atoms with E-state index in [2.05, 4.69) is 35.9 Å². The molecule has 10 heteroatoms. The molecule has 5 aliphatic rings. The number of nitrogens with zero attached hydrogens (tertiary/aromatic N) is 1. The molecule has 3 atom stereocenters. The Kier molecular flexibility index (Phi) is 13.4. The molecule has 8 bridgehead atoms. The van der Waals surface area contributed by atoms with E-state index >= 15 is 0 Å². The number of nitrogens with two attached hydrogens (primary N) is 2. The molecule has 2 heterocycles. The van der Waals surface area contributed by atoms with Gasteiger partial charge in [-0.1, -0.05) is 83.5 Å². The Balaban J connectivity index is 1.15. The summed E-state index contributed by atoms with van der Waals surface area (Å²) in [6.45, 7) is 2.72. The number of hydrogen-bond acceptors (Lipinski definition) is 10. The first-order valence-electron chi connectivity index (χ1n) is 22.0. The summed E-state index contributed by atoms with van der Waals surface area (Å²) in [5.41, 5.74) is 20.4. The number of phenolic OH excluding ortho intramolecular Hbond substituents is 2. The fourth-order valence-corrected chi connectivity index (χ4v) is 12.6. The quantitative estimate of drug-likeness (QED) is 0.114. The van der Waals surface area contributed by atoms with Crippen LogP contribution in [0.2, 0.25) is 0 Å². The predicted molar refractivity (Wildman–Crippen MR) is 246 cm³/mol. The molecule has 8 rings (SSSR count). The molecule has 3 aromatic carbocycles. The fraction of sp³-hybridized carbons (Fsp3) is 0.451. The number of carbonyl (C=O) groups is 1. The molecular formula is C51H58N3O5S2-. The van der Waals surface area contributed by atoms with E-state index in [1.54, 1.807) is 35.2 Å². The van der Waals surface area contributed by atoms with Crippen LogP contribution in [-0.4, -0.2) is 34.1 Å². The Bertz CT molecular complexity index is 2330. The Morgan fingerprint density at radius 3 is 2.57 bits per heavy atom. The first-order valence-corrected chi connectivity index (χ1v) is 24.5. The Labute approximate surface area is 368 Å². The maximum atomic E-state index is 14.1. The van der Waals surface area contributed by atoms with Crippen molar-refractivity contribution in [3.05, 3.63) is 123 Å². The largest absolute Gasteiger partial charge is 0.875 e. The van der Waals surface area contributed by atoms with Crippen LogP contribution in [0.15, 0.2) is 89.3 Å². The van der Waals surface area contributed by atoms with Gasteiger partial charge in [0.05, 0.1) is 24.9 Å². The maximum Gasteiger partial charge on any atom is 0.161 e. The van der Waals surface area contributed by atoms with Gasteiger partial charge in [0.1, 0.15) is 5.75 Å². The highest BCUT2D eigenvalue weighted by Gasteiger charge is 2.40. The van der Waals surface area contributed by atoms with Crippen molar-refractivity contribution in [1.82, 2.24) is 0 Å². The summed E-state index contributed by atoms with van der Waals surface area (Å²) >= 11 is 0. The van der Waals surface area contributed by atoms with Gasteiger partial charge in [-0.3, -0.25) is 9.79 Å². The molecule has 0 spiro atoms. The van der Waals surface area contributed by atoms with Crippen molar-refractivity contribution in [1.29, 1.82) is 0 Å². The molecule has 8 nitrogen and oxygen atoms in total. The maximum absolute atomic E-state index is 14.1. The van der Waals surface area contributed by atoms with Gasteiger partial charge in [-0.25, -0.2) is 0 Å². The molecule has 0 saturated heterocycles. The smallest absolute Gasteiger partial charge is 0.161 e. The molecule has 0 amide bonds. The number of aliphatic imine (C=N–C) groups is 1. The van der Waals surface area contributed by atoms with Gasteiger partial charge in [-0.2, -0.15) is 0 Å². The molecule has 2 fully saturated rings. The molecule has 2 aliphatic heterocycles. The van der Waals surface area contributed by atoms with Gasteiger partial charge in [-0.15, -0.1) is 5.76 Å². The Morgan fingerprint density at radius 1 is 0.951 bits per heavy atom. The van der Waals surface area contributed by atoms with Crippen molar-refractivity contribution in [2.75, 3.05) is 12.4 Å². The number of ketones is 1. The highest BCUT2D eigenvalue weighted by molar-refractivity contribution is 8.76. The normalized spacial score (nSPS) is 24.3. The zero-order chi connectivity index (χ0) is 42.6. The van der Waals surface area contributed by atoms with E-state index in [1.807, 2.05) is 47.2 Å². The highest BCUT2D eigenvalue weighted by Crippen LogP contribution is 2.52. The lowest BCUT2D eigenvalue weighted by atomic mass is 9.73. The van der Waals surface area contributed by atoms with E-state index in [9.17, 15) is 20.1 Å². The first-order chi connectivity index (χ1) is 29.5. The van der Waals surface area contributed by atoms with Crippen molar-refractivity contribution in [3.63, 3.8) is 0 Å². The second kappa shape index (κ2) is 18.9. The van der Waals surface area contributed by atoms with E-state index < -0.39 is 12.1 Å². The average molecular weight is 857 g/mol. The van der Waals surface area contributed by atoms with E-state index in [0.29, 0.717) is 65.4 Å². The van der Waals surface area contributed by atoms with E-state index in [4.69, 9.17) is 16.2 Å². The van der Waals surface area contributed by atoms with Crippen LogP contribution in [0.1, 0.15) is 135 Å². The van der Waals surface area contributed by atoms with Crippen LogP contribution in [0.5, 0.6) is 17.2 Å². The number of fused-ring (bicyclic) bond motifs is 9. The SMILES string of the molecule is CC1(CCC23C=CC(=O)CCc4ccc(O)c(c4)OCCc4ccc(O)c(c4)C4CC([O-])=C5C=CN=C5CC#Cc5cc(C(N)N)c(cc54)CSSCC(CC2)C3)CCCC1. The highest BCUT2D eigenvalue weighted by atomic mass is 33.1. The molecule has 61 heavy (non-hydrogen) atoms. The molecule has 2 saturated carbocycles. The zero-order valence-electron chi connectivity index (χ0n) is 35.2. The van der Waals surface area contributed by atoms with Crippen LogP contribution in [0.4, 0.5) is 0 Å². The Hall–Kier alpha value is -4.40. The van der Waals surface area contributed by atoms with E-state index in [0.717, 1.165) is 64.8 Å². The number of rotatable bonds is 4. The van der Waals surface area contributed by atoms with Crippen LogP contribution < -0.4 is 21.3 Å². The third-order valence-electron chi connectivity index (χ3n) is 13.8. The van der Waals surface area contributed by atoms with Gasteiger partial charge >= 0.3 is 0 Å². The summed E-state index contributed by atoms with van der Waals surface area (Å²) in [5.74, 6) is 8.88. The van der Waals surface area contributed by atoms with Crippen molar-refractivity contribution in [3.8, 4) is 29.1 Å². The molecular weight excluding hydrogens is 799 g/mol. The lowest BCUT2D eigenvalue weighted by Crippen LogP contribution is -2.23. The van der Waals surface area contributed by atoms with Crippen LogP contribution in [-0.2, 0) is 23.4 Å². The van der Waals surface area contributed by atoms with Crippen LogP contribution in [0.25, 0.3) is 0 Å². The number of carbonyl (C=O) groups excluding carboxylic acids is 1. The van der Waals surface area contributed by atoms with Crippen molar-refractivity contribution in [2.45, 2.75) is 115 Å². The monoisotopic (exact) mass is 856 g/mol. The number of allylic oxidation sites excluding steroid dienone is 5. The number of aryl methyl sites for hydroxylation is 1. The summed E-state index contributed by atoms with van der Waals surface area (Å²) in [7, 11) is 3.68. The Morgan fingerprint density at radius 2 is 1.75 bits per heavy atom. The summed E-state index contributed by atoms with van der Waals surface area (Å²) in [5, 5.41) is 36.4. The summed E-state index contributed by atoms with van der Waals surface area (Å²) < 4.78 is 6.16. The average Bonchev–Trinajstić information content (AvgIpc) is 4.01. The summed E-state index contributed by atoms with van der Waals surface area (Å²) in [4.78, 5) is 17.9. The van der Waals surface area contributed by atoms with E-state index in [-0.39, 0.29) is 41.5 Å². The van der Waals surface area contributed by atoms with Gasteiger partial charge in [0, 0.05) is 47.6 Å². The molecule has 3 aromatic rings. The number of aromatic hydroxyl groups is 2. The molecule has 3 aliphatic carbocycles. The predicted octanol–water partition coefficient (Wildman–Crippen LogP) is 9.60. The fourth-order valence-electron chi connectivity index (χ4n) is 10.1. The lowest BCUT2D eigenvalue weighted by molar-refractivity contribution is -0.307. The van der Waals surface area contributed by atoms with Gasteiger partial charge < -0.3 is 31.5 Å². The van der Waals surface area contributed by atoms with Crippen LogP contribution in [0, 0.1) is 28.6 Å². The minimum Gasteiger partial charge on any atom is -0.875 e. The summed E-state index contributed by atoms with van der Waals surface area (Å²) in [6.07, 6.45) is 19.5. The van der Waals surface area contributed by atoms with Crippen molar-refractivity contribution >= 4 is 33.1 Å². The zero-order valence-corrected chi connectivity index (χ0v) is 36.9. The van der Waals surface area contributed by atoms with Gasteiger partial charge in [-0.05, 0) is 144 Å². The second-order valence-electron chi connectivity index (χ2n) is 18.3. The van der Waals surface area contributed by atoms with Crippen molar-refractivity contribution < 1.29 is 24.9 Å². The minimum absolute atomic E-state index is 0.0185. The second-order valence-corrected chi connectivity index (χ2v) is 20.8. The van der Waals surface area contributed by atoms with Crippen molar-refractivity contribution in [2.24, 2.45) is 33.2 Å². The lowest BCUT2D eigenvalue weighted by Gasteiger charge is -2.32. The third-order valence-corrected chi connectivity index (χ3v) is 16.3. The molecule has 0 aromatic heterocycles. The van der Waals surface area contributed by atoms with Gasteiger partial charge in [0.15, 0.2) is 17.3 Å². The molecule has 320 valence electrons. The van der Waals surface area contributed by atoms with E-state index in [1.165, 1.54) is 32.1 Å². The minimum atomic E-state index is -0.730. The molecule has 0 radical (unpaired) electrons.